The molecule has 1 amide bonds. The topological polar surface area (TPSA) is 58.6 Å². The monoisotopic (exact) mass is 337 g/mol. The van der Waals surface area contributed by atoms with Gasteiger partial charge in [0.1, 0.15) is 11.5 Å². The van der Waals surface area contributed by atoms with Crippen LogP contribution in [0.5, 0.6) is 11.5 Å². The Balaban J connectivity index is 1.64. The number of phenolic OH excluding ortho intramolecular Hbond substituents is 1. The highest BCUT2D eigenvalue weighted by molar-refractivity contribution is 5.92. The van der Waals surface area contributed by atoms with Gasteiger partial charge < -0.3 is 15.2 Å². The molecule has 1 aliphatic rings. The summed E-state index contributed by atoms with van der Waals surface area (Å²) in [6, 6.07) is 13.1. The van der Waals surface area contributed by atoms with Crippen molar-refractivity contribution in [2.75, 3.05) is 0 Å². The van der Waals surface area contributed by atoms with Crippen molar-refractivity contribution in [2.24, 2.45) is 0 Å². The van der Waals surface area contributed by atoms with Crippen molar-refractivity contribution in [2.45, 2.75) is 38.8 Å². The Morgan fingerprint density at radius 3 is 2.88 bits per heavy atom. The Hall–Kier alpha value is -2.75. The number of benzene rings is 2. The first-order chi connectivity index (χ1) is 12.0. The lowest BCUT2D eigenvalue weighted by Crippen LogP contribution is -2.25. The number of phenols is 1. The fourth-order valence-electron chi connectivity index (χ4n) is 3.14. The number of carbonyl (C=O) groups excluding carboxylic acids is 1. The van der Waals surface area contributed by atoms with Crippen LogP contribution in [0.15, 0.2) is 48.5 Å². The minimum absolute atomic E-state index is 0.0464. The van der Waals surface area contributed by atoms with E-state index in [9.17, 15) is 9.90 Å². The maximum atomic E-state index is 12.2. The Bertz CT molecular complexity index is 795. The SMILES string of the molecule is CC(C)Oc1cccc(/C=C/C(=O)NC2CCc3c(O)cccc32)c1. The molecular weight excluding hydrogens is 314 g/mol. The molecule has 1 atom stereocenters. The van der Waals surface area contributed by atoms with E-state index in [4.69, 9.17) is 4.74 Å². The van der Waals surface area contributed by atoms with E-state index in [-0.39, 0.29) is 18.1 Å². The van der Waals surface area contributed by atoms with Crippen molar-refractivity contribution >= 4 is 12.0 Å². The van der Waals surface area contributed by atoms with Gasteiger partial charge in [-0.2, -0.15) is 0 Å². The number of hydrogen-bond acceptors (Lipinski definition) is 3. The summed E-state index contributed by atoms with van der Waals surface area (Å²) in [6.45, 7) is 3.96. The normalized spacial score (nSPS) is 16.2. The van der Waals surface area contributed by atoms with Crippen LogP contribution in [-0.2, 0) is 11.2 Å². The predicted octanol–water partition coefficient (Wildman–Crippen LogP) is 4.00. The number of ether oxygens (including phenoxy) is 1. The van der Waals surface area contributed by atoms with Gasteiger partial charge in [-0.3, -0.25) is 4.79 Å². The molecule has 130 valence electrons. The molecule has 0 radical (unpaired) electrons. The largest absolute Gasteiger partial charge is 0.508 e. The highest BCUT2D eigenvalue weighted by Gasteiger charge is 2.25. The van der Waals surface area contributed by atoms with Gasteiger partial charge in [-0.05, 0) is 67.7 Å². The lowest BCUT2D eigenvalue weighted by Gasteiger charge is -2.13. The van der Waals surface area contributed by atoms with Gasteiger partial charge in [0.25, 0.3) is 0 Å². The zero-order chi connectivity index (χ0) is 17.8. The molecule has 0 bridgehead atoms. The fraction of sp³-hybridized carbons (Fsp3) is 0.286. The first-order valence-electron chi connectivity index (χ1n) is 8.59. The summed E-state index contributed by atoms with van der Waals surface area (Å²) in [4.78, 5) is 12.2. The molecular formula is C21H23NO3. The van der Waals surface area contributed by atoms with Crippen molar-refractivity contribution in [1.29, 1.82) is 0 Å². The van der Waals surface area contributed by atoms with Crippen LogP contribution in [0.3, 0.4) is 0 Å². The van der Waals surface area contributed by atoms with Crippen LogP contribution < -0.4 is 10.1 Å². The van der Waals surface area contributed by atoms with E-state index in [0.29, 0.717) is 5.75 Å². The maximum absolute atomic E-state index is 12.2. The van der Waals surface area contributed by atoms with Crippen LogP contribution in [0.1, 0.15) is 43.0 Å². The van der Waals surface area contributed by atoms with E-state index in [0.717, 1.165) is 35.3 Å². The quantitative estimate of drug-likeness (QED) is 0.811. The Morgan fingerprint density at radius 2 is 2.08 bits per heavy atom. The summed E-state index contributed by atoms with van der Waals surface area (Å²) in [7, 11) is 0. The van der Waals surface area contributed by atoms with E-state index in [1.165, 1.54) is 6.08 Å². The van der Waals surface area contributed by atoms with E-state index in [1.807, 2.05) is 50.2 Å². The van der Waals surface area contributed by atoms with Crippen molar-refractivity contribution in [1.82, 2.24) is 5.32 Å². The van der Waals surface area contributed by atoms with Crippen LogP contribution in [0, 0.1) is 0 Å². The average Bonchev–Trinajstić information content (AvgIpc) is 2.97. The van der Waals surface area contributed by atoms with Crippen molar-refractivity contribution in [3.05, 3.63) is 65.2 Å². The Labute approximate surface area is 148 Å². The van der Waals surface area contributed by atoms with Crippen LogP contribution in [0.2, 0.25) is 0 Å². The molecule has 0 spiro atoms. The minimum atomic E-state index is -0.142. The van der Waals surface area contributed by atoms with Gasteiger partial charge in [-0.15, -0.1) is 0 Å². The van der Waals surface area contributed by atoms with Crippen LogP contribution in [-0.4, -0.2) is 17.1 Å². The third-order valence-electron chi connectivity index (χ3n) is 4.22. The number of amides is 1. The molecule has 2 aromatic rings. The summed E-state index contributed by atoms with van der Waals surface area (Å²) in [5, 5.41) is 12.9. The molecule has 3 rings (SSSR count). The van der Waals surface area contributed by atoms with Crippen LogP contribution in [0.4, 0.5) is 0 Å². The van der Waals surface area contributed by atoms with E-state index < -0.39 is 0 Å². The van der Waals surface area contributed by atoms with E-state index in [2.05, 4.69) is 5.32 Å². The summed E-state index contributed by atoms with van der Waals surface area (Å²) >= 11 is 0. The van der Waals surface area contributed by atoms with Gasteiger partial charge in [0, 0.05) is 6.08 Å². The predicted molar refractivity (Wildman–Crippen MR) is 98.6 cm³/mol. The van der Waals surface area contributed by atoms with E-state index >= 15 is 0 Å². The summed E-state index contributed by atoms with van der Waals surface area (Å²) < 4.78 is 5.66. The number of rotatable bonds is 5. The summed E-state index contributed by atoms with van der Waals surface area (Å²) in [5.41, 5.74) is 2.86. The Kier molecular flexibility index (Phi) is 5.08. The molecule has 25 heavy (non-hydrogen) atoms. The zero-order valence-corrected chi connectivity index (χ0v) is 14.5. The second-order valence-corrected chi connectivity index (χ2v) is 6.52. The molecule has 0 heterocycles. The number of fused-ring (bicyclic) bond motifs is 1. The molecule has 1 unspecified atom stereocenters. The molecule has 4 heteroatoms. The summed E-state index contributed by atoms with van der Waals surface area (Å²) in [5.74, 6) is 0.959. The average molecular weight is 337 g/mol. The lowest BCUT2D eigenvalue weighted by molar-refractivity contribution is -0.117. The number of nitrogens with one attached hydrogen (secondary N) is 1. The fourth-order valence-corrected chi connectivity index (χ4v) is 3.14. The second kappa shape index (κ2) is 7.43. The highest BCUT2D eigenvalue weighted by atomic mass is 16.5. The zero-order valence-electron chi connectivity index (χ0n) is 14.5. The minimum Gasteiger partial charge on any atom is -0.508 e. The molecule has 0 saturated heterocycles. The van der Waals surface area contributed by atoms with Crippen LogP contribution in [0.25, 0.3) is 6.08 Å². The number of hydrogen-bond donors (Lipinski definition) is 2. The lowest BCUT2D eigenvalue weighted by atomic mass is 10.1. The highest BCUT2D eigenvalue weighted by Crippen LogP contribution is 2.36. The number of carbonyl (C=O) groups is 1. The number of aromatic hydroxyl groups is 1. The molecule has 2 N–H and O–H groups in total. The summed E-state index contributed by atoms with van der Waals surface area (Å²) in [6.07, 6.45) is 5.02. The second-order valence-electron chi connectivity index (χ2n) is 6.52. The van der Waals surface area contributed by atoms with E-state index in [1.54, 1.807) is 12.1 Å². The van der Waals surface area contributed by atoms with Gasteiger partial charge in [-0.25, -0.2) is 0 Å². The van der Waals surface area contributed by atoms with Crippen molar-refractivity contribution < 1.29 is 14.6 Å². The van der Waals surface area contributed by atoms with Gasteiger partial charge >= 0.3 is 0 Å². The van der Waals surface area contributed by atoms with Crippen molar-refractivity contribution in [3.63, 3.8) is 0 Å². The first kappa shape index (κ1) is 17.1. The van der Waals surface area contributed by atoms with Gasteiger partial charge in [0.15, 0.2) is 0 Å². The molecule has 0 saturated carbocycles. The molecule has 0 aliphatic heterocycles. The molecule has 0 aromatic heterocycles. The van der Waals surface area contributed by atoms with Crippen molar-refractivity contribution in [3.8, 4) is 11.5 Å². The molecule has 1 aliphatic carbocycles. The van der Waals surface area contributed by atoms with Gasteiger partial charge in [-0.1, -0.05) is 24.3 Å². The molecule has 0 fully saturated rings. The Morgan fingerprint density at radius 1 is 1.28 bits per heavy atom. The third-order valence-corrected chi connectivity index (χ3v) is 4.22. The first-order valence-corrected chi connectivity index (χ1v) is 8.59. The molecule has 4 nitrogen and oxygen atoms in total. The van der Waals surface area contributed by atoms with Gasteiger partial charge in [0.2, 0.25) is 5.91 Å². The third kappa shape index (κ3) is 4.21. The van der Waals surface area contributed by atoms with Crippen LogP contribution >= 0.6 is 0 Å². The smallest absolute Gasteiger partial charge is 0.244 e. The molecule has 2 aromatic carbocycles. The maximum Gasteiger partial charge on any atom is 0.244 e. The standard InChI is InChI=1S/C21H23NO3/c1-14(2)25-16-6-3-5-15(13-16)9-12-21(24)22-19-11-10-18-17(19)7-4-8-20(18)23/h3-9,12-14,19,23H,10-11H2,1-2H3,(H,22,24)/b12-9+. The van der Waals surface area contributed by atoms with Gasteiger partial charge in [0.05, 0.1) is 12.1 Å².